The molecule has 0 amide bonds. The van der Waals surface area contributed by atoms with Crippen LogP contribution in [0.4, 0.5) is 13.2 Å². The highest BCUT2D eigenvalue weighted by Gasteiger charge is 2.36. The lowest BCUT2D eigenvalue weighted by Crippen LogP contribution is -2.27. The van der Waals surface area contributed by atoms with E-state index in [0.29, 0.717) is 17.3 Å². The van der Waals surface area contributed by atoms with Gasteiger partial charge in [-0.3, -0.25) is 0 Å². The third-order valence-electron chi connectivity index (χ3n) is 5.58. The van der Waals surface area contributed by atoms with Crippen LogP contribution in [-0.2, 0) is 10.9 Å². The lowest BCUT2D eigenvalue weighted by atomic mass is 10.1. The molecule has 0 bridgehead atoms. The van der Waals surface area contributed by atoms with Crippen molar-refractivity contribution < 1.29 is 17.9 Å². The Kier molecular flexibility index (Phi) is 4.88. The number of likely N-dealkylation sites (tertiary alicyclic amines) is 1. The highest BCUT2D eigenvalue weighted by molar-refractivity contribution is 5.44. The minimum absolute atomic E-state index is 0.0787. The van der Waals surface area contributed by atoms with Crippen LogP contribution in [0.2, 0.25) is 0 Å². The standard InChI is InChI=1S/C19H25F3N4O/c1-12(2)15-7-17(19(20,21)22)26-18(23-15)8-16(24-26)14-3-5-25(10-14)9-13-4-6-27-11-13/h7-8,12-14H,3-6,9-11H2,1-2H3/t13-,14+/m0/s1. The first kappa shape index (κ1) is 18.7. The first-order valence-electron chi connectivity index (χ1n) is 9.59. The monoisotopic (exact) mass is 382 g/mol. The molecule has 2 aromatic rings. The Hall–Kier alpha value is -1.67. The van der Waals surface area contributed by atoms with Crippen molar-refractivity contribution in [1.82, 2.24) is 19.5 Å². The second-order valence-electron chi connectivity index (χ2n) is 8.03. The summed E-state index contributed by atoms with van der Waals surface area (Å²) >= 11 is 0. The molecule has 2 saturated heterocycles. The zero-order valence-corrected chi connectivity index (χ0v) is 15.7. The molecule has 2 atom stereocenters. The molecule has 2 aromatic heterocycles. The van der Waals surface area contributed by atoms with Crippen LogP contribution in [0.15, 0.2) is 12.1 Å². The molecule has 0 N–H and O–H groups in total. The van der Waals surface area contributed by atoms with Gasteiger partial charge in [-0.1, -0.05) is 13.8 Å². The maximum atomic E-state index is 13.5. The summed E-state index contributed by atoms with van der Waals surface area (Å²) in [5, 5.41) is 4.31. The van der Waals surface area contributed by atoms with Gasteiger partial charge in [0.15, 0.2) is 5.65 Å². The molecular weight excluding hydrogens is 357 g/mol. The number of ether oxygens (including phenoxy) is 1. The number of alkyl halides is 3. The van der Waals surface area contributed by atoms with Crippen molar-refractivity contribution in [3.63, 3.8) is 0 Å². The summed E-state index contributed by atoms with van der Waals surface area (Å²) in [5.41, 5.74) is 0.682. The quantitative estimate of drug-likeness (QED) is 0.809. The fourth-order valence-corrected chi connectivity index (χ4v) is 4.04. The second-order valence-corrected chi connectivity index (χ2v) is 8.03. The molecule has 2 aliphatic heterocycles. The van der Waals surface area contributed by atoms with Gasteiger partial charge < -0.3 is 9.64 Å². The van der Waals surface area contributed by atoms with Gasteiger partial charge in [0, 0.05) is 37.4 Å². The SMILES string of the molecule is CC(C)c1cc(C(F)(F)F)n2nc([C@@H]3CCN(C[C@@H]4CCOC4)C3)cc2n1. The summed E-state index contributed by atoms with van der Waals surface area (Å²) in [6.07, 6.45) is -2.46. The first-order valence-corrected chi connectivity index (χ1v) is 9.59. The molecular formula is C19H25F3N4O. The topological polar surface area (TPSA) is 42.7 Å². The zero-order chi connectivity index (χ0) is 19.2. The van der Waals surface area contributed by atoms with Crippen LogP contribution >= 0.6 is 0 Å². The molecule has 27 heavy (non-hydrogen) atoms. The first-order chi connectivity index (χ1) is 12.8. The van der Waals surface area contributed by atoms with Crippen molar-refractivity contribution >= 4 is 5.65 Å². The van der Waals surface area contributed by atoms with Gasteiger partial charge >= 0.3 is 6.18 Å². The molecule has 0 aromatic carbocycles. The van der Waals surface area contributed by atoms with Gasteiger partial charge in [0.1, 0.15) is 5.69 Å². The van der Waals surface area contributed by atoms with Crippen molar-refractivity contribution in [2.45, 2.75) is 44.7 Å². The minimum Gasteiger partial charge on any atom is -0.381 e. The summed E-state index contributed by atoms with van der Waals surface area (Å²) < 4.78 is 47.0. The third kappa shape index (κ3) is 3.82. The Morgan fingerprint density at radius 3 is 2.74 bits per heavy atom. The highest BCUT2D eigenvalue weighted by Crippen LogP contribution is 2.33. The molecule has 2 aliphatic rings. The normalized spacial score (nSPS) is 24.5. The Bertz CT molecular complexity index is 811. The van der Waals surface area contributed by atoms with Crippen LogP contribution in [0.3, 0.4) is 0 Å². The highest BCUT2D eigenvalue weighted by atomic mass is 19.4. The zero-order valence-electron chi connectivity index (χ0n) is 15.7. The average molecular weight is 382 g/mol. The molecule has 4 rings (SSSR count). The van der Waals surface area contributed by atoms with E-state index in [2.05, 4.69) is 15.0 Å². The van der Waals surface area contributed by atoms with Crippen molar-refractivity contribution in [1.29, 1.82) is 0 Å². The summed E-state index contributed by atoms with van der Waals surface area (Å²) in [6, 6.07) is 2.85. The number of halogens is 3. The van der Waals surface area contributed by atoms with E-state index in [4.69, 9.17) is 4.74 Å². The third-order valence-corrected chi connectivity index (χ3v) is 5.58. The summed E-state index contributed by atoms with van der Waals surface area (Å²) in [5.74, 6) is 0.638. The number of fused-ring (bicyclic) bond motifs is 1. The Morgan fingerprint density at radius 2 is 2.07 bits per heavy atom. The maximum absolute atomic E-state index is 13.5. The lowest BCUT2D eigenvalue weighted by molar-refractivity contribution is -0.142. The number of aromatic nitrogens is 3. The molecule has 0 saturated carbocycles. The van der Waals surface area contributed by atoms with Crippen LogP contribution in [0.5, 0.6) is 0 Å². The van der Waals surface area contributed by atoms with Crippen molar-refractivity contribution in [2.24, 2.45) is 5.92 Å². The molecule has 2 fully saturated rings. The van der Waals surface area contributed by atoms with Crippen molar-refractivity contribution in [3.8, 4) is 0 Å². The molecule has 0 unspecified atom stereocenters. The van der Waals surface area contributed by atoms with Gasteiger partial charge in [0.05, 0.1) is 12.3 Å². The Balaban J connectivity index is 1.59. The number of rotatable bonds is 4. The van der Waals surface area contributed by atoms with Crippen LogP contribution < -0.4 is 0 Å². The van der Waals surface area contributed by atoms with Crippen LogP contribution in [-0.4, -0.2) is 52.3 Å². The van der Waals surface area contributed by atoms with Gasteiger partial charge in [-0.25, -0.2) is 9.50 Å². The molecule has 0 radical (unpaired) electrons. The van der Waals surface area contributed by atoms with E-state index in [1.807, 2.05) is 13.8 Å². The largest absolute Gasteiger partial charge is 0.433 e. The van der Waals surface area contributed by atoms with E-state index in [-0.39, 0.29) is 17.5 Å². The van der Waals surface area contributed by atoms with E-state index in [0.717, 1.165) is 56.3 Å². The van der Waals surface area contributed by atoms with E-state index in [9.17, 15) is 13.2 Å². The Morgan fingerprint density at radius 1 is 1.26 bits per heavy atom. The number of hydrogen-bond donors (Lipinski definition) is 0. The molecule has 0 aliphatic carbocycles. The second kappa shape index (κ2) is 7.05. The van der Waals surface area contributed by atoms with Gasteiger partial charge in [-0.2, -0.15) is 18.3 Å². The maximum Gasteiger partial charge on any atom is 0.433 e. The smallest absolute Gasteiger partial charge is 0.381 e. The van der Waals surface area contributed by atoms with E-state index in [1.54, 1.807) is 6.07 Å². The minimum atomic E-state index is -4.46. The van der Waals surface area contributed by atoms with Crippen LogP contribution in [0.1, 0.15) is 55.6 Å². The van der Waals surface area contributed by atoms with Crippen LogP contribution in [0.25, 0.3) is 5.65 Å². The Labute approximate surface area is 156 Å². The van der Waals surface area contributed by atoms with Crippen molar-refractivity contribution in [2.75, 3.05) is 32.8 Å². The van der Waals surface area contributed by atoms with Crippen molar-refractivity contribution in [3.05, 3.63) is 29.2 Å². The fourth-order valence-electron chi connectivity index (χ4n) is 4.04. The number of nitrogens with zero attached hydrogens (tertiary/aromatic N) is 4. The summed E-state index contributed by atoms with van der Waals surface area (Å²) in [4.78, 5) is 6.79. The predicted molar refractivity (Wildman–Crippen MR) is 94.8 cm³/mol. The van der Waals surface area contributed by atoms with Gasteiger partial charge in [0.25, 0.3) is 0 Å². The van der Waals surface area contributed by atoms with E-state index >= 15 is 0 Å². The van der Waals surface area contributed by atoms with Crippen LogP contribution in [0, 0.1) is 5.92 Å². The molecule has 0 spiro atoms. The van der Waals surface area contributed by atoms with Gasteiger partial charge in [-0.05, 0) is 37.3 Å². The molecule has 8 heteroatoms. The van der Waals surface area contributed by atoms with Gasteiger partial charge in [-0.15, -0.1) is 0 Å². The summed E-state index contributed by atoms with van der Waals surface area (Å²) in [6.45, 7) is 8.11. The summed E-state index contributed by atoms with van der Waals surface area (Å²) in [7, 11) is 0. The van der Waals surface area contributed by atoms with E-state index in [1.165, 1.54) is 0 Å². The van der Waals surface area contributed by atoms with Gasteiger partial charge in [0.2, 0.25) is 0 Å². The average Bonchev–Trinajstić information content (AvgIpc) is 3.33. The van der Waals surface area contributed by atoms with E-state index < -0.39 is 11.9 Å². The predicted octanol–water partition coefficient (Wildman–Crippen LogP) is 3.70. The lowest BCUT2D eigenvalue weighted by Gasteiger charge is -2.18. The fraction of sp³-hybridized carbons (Fsp3) is 0.684. The molecule has 4 heterocycles. The molecule has 148 valence electrons. The number of hydrogen-bond acceptors (Lipinski definition) is 4. The molecule has 5 nitrogen and oxygen atoms in total.